The van der Waals surface area contributed by atoms with Crippen LogP contribution < -0.4 is 5.32 Å². The number of pyridine rings is 1. The number of rotatable bonds is 12. The number of benzene rings is 1. The molecule has 1 aromatic carbocycles. The Morgan fingerprint density at radius 3 is 2.69 bits per heavy atom. The van der Waals surface area contributed by atoms with Crippen molar-refractivity contribution in [3.8, 4) is 10.4 Å². The molecule has 2 aromatic heterocycles. The summed E-state index contributed by atoms with van der Waals surface area (Å²) in [5, 5.41) is 12.3. The predicted molar refractivity (Wildman–Crippen MR) is 139 cm³/mol. The Morgan fingerprint density at radius 1 is 1.03 bits per heavy atom. The van der Waals surface area contributed by atoms with Gasteiger partial charge in [0.15, 0.2) is 0 Å². The number of carboxylic acid groups (broad SMARTS) is 1. The Hall–Kier alpha value is -3.06. The standard InChI is InChI=1S/C28H33N3O3S/c32-27(22-11-8-10-21(17-22)26-18-29-19-35-26)31-25(28(33)34)14-5-3-1-2-4-12-23-16-15-20-9-6-7-13-24(20)30-23/h8,10-11,15-19,25H,1-7,9,12-14H2,(H,31,32)(H,33,34)/t25-/m0/s1. The van der Waals surface area contributed by atoms with Crippen molar-refractivity contribution in [1.82, 2.24) is 15.3 Å². The molecule has 35 heavy (non-hydrogen) atoms. The summed E-state index contributed by atoms with van der Waals surface area (Å²) < 4.78 is 0. The average molecular weight is 492 g/mol. The van der Waals surface area contributed by atoms with Gasteiger partial charge in [-0.3, -0.25) is 14.8 Å². The molecule has 1 atom stereocenters. The Kier molecular flexibility index (Phi) is 9.01. The molecule has 0 unspecified atom stereocenters. The van der Waals surface area contributed by atoms with Gasteiger partial charge in [-0.2, -0.15) is 0 Å². The van der Waals surface area contributed by atoms with Crippen molar-refractivity contribution in [2.45, 2.75) is 76.7 Å². The third kappa shape index (κ3) is 7.21. The maximum absolute atomic E-state index is 12.7. The number of carbonyl (C=O) groups is 2. The van der Waals surface area contributed by atoms with Gasteiger partial charge in [0.2, 0.25) is 0 Å². The van der Waals surface area contributed by atoms with Crippen LogP contribution in [-0.2, 0) is 24.1 Å². The highest BCUT2D eigenvalue weighted by Crippen LogP contribution is 2.24. The van der Waals surface area contributed by atoms with E-state index < -0.39 is 12.0 Å². The second-order valence-corrected chi connectivity index (χ2v) is 10.1. The molecule has 6 nitrogen and oxygen atoms in total. The monoisotopic (exact) mass is 491 g/mol. The molecule has 1 aliphatic carbocycles. The first-order chi connectivity index (χ1) is 17.1. The van der Waals surface area contributed by atoms with E-state index in [0.29, 0.717) is 12.0 Å². The lowest BCUT2D eigenvalue weighted by molar-refractivity contribution is -0.139. The number of aryl methyl sites for hydroxylation is 3. The van der Waals surface area contributed by atoms with Crippen LogP contribution in [-0.4, -0.2) is 33.0 Å². The number of nitrogens with one attached hydrogen (secondary N) is 1. The average Bonchev–Trinajstić information content (AvgIpc) is 3.42. The first-order valence-electron chi connectivity index (χ1n) is 12.6. The Bertz CT molecular complexity index is 1130. The highest BCUT2D eigenvalue weighted by molar-refractivity contribution is 7.13. The van der Waals surface area contributed by atoms with Crippen LogP contribution >= 0.6 is 11.3 Å². The number of hydrogen-bond acceptors (Lipinski definition) is 5. The summed E-state index contributed by atoms with van der Waals surface area (Å²) in [6, 6.07) is 10.8. The van der Waals surface area contributed by atoms with Gasteiger partial charge in [0.05, 0.1) is 10.4 Å². The molecule has 7 heteroatoms. The summed E-state index contributed by atoms with van der Waals surface area (Å²) in [5.41, 5.74) is 7.01. The van der Waals surface area contributed by atoms with Crippen molar-refractivity contribution in [3.63, 3.8) is 0 Å². The quantitative estimate of drug-likeness (QED) is 0.310. The van der Waals surface area contributed by atoms with Crippen molar-refractivity contribution in [1.29, 1.82) is 0 Å². The van der Waals surface area contributed by atoms with Crippen molar-refractivity contribution < 1.29 is 14.7 Å². The molecule has 184 valence electrons. The molecule has 0 spiro atoms. The van der Waals surface area contributed by atoms with Crippen molar-refractivity contribution >= 4 is 23.2 Å². The van der Waals surface area contributed by atoms with E-state index in [4.69, 9.17) is 4.98 Å². The normalized spacial score (nSPS) is 13.7. The SMILES string of the molecule is O=C(N[C@@H](CCCCCCCc1ccc2c(n1)CCCC2)C(=O)O)c1cccc(-c2cncs2)c1. The minimum Gasteiger partial charge on any atom is -0.480 e. The molecule has 4 rings (SSSR count). The van der Waals surface area contributed by atoms with Gasteiger partial charge in [-0.15, -0.1) is 11.3 Å². The summed E-state index contributed by atoms with van der Waals surface area (Å²) in [5.74, 6) is -1.35. The van der Waals surface area contributed by atoms with Gasteiger partial charge in [-0.05, 0) is 74.3 Å². The van der Waals surface area contributed by atoms with Crippen molar-refractivity contribution in [3.05, 3.63) is 70.6 Å². The van der Waals surface area contributed by atoms with Gasteiger partial charge in [0.1, 0.15) is 6.04 Å². The number of carboxylic acids is 1. The van der Waals surface area contributed by atoms with E-state index in [1.165, 1.54) is 47.6 Å². The van der Waals surface area contributed by atoms with E-state index in [9.17, 15) is 14.7 Å². The van der Waals surface area contributed by atoms with E-state index in [1.54, 1.807) is 29.9 Å². The lowest BCUT2D eigenvalue weighted by Gasteiger charge is -2.15. The van der Waals surface area contributed by atoms with E-state index in [2.05, 4.69) is 22.4 Å². The van der Waals surface area contributed by atoms with Crippen LogP contribution in [0.4, 0.5) is 0 Å². The van der Waals surface area contributed by atoms with Crippen LogP contribution in [0, 0.1) is 0 Å². The lowest BCUT2D eigenvalue weighted by atomic mass is 9.95. The fraction of sp³-hybridized carbons (Fsp3) is 0.429. The zero-order valence-electron chi connectivity index (χ0n) is 20.0. The van der Waals surface area contributed by atoms with Crippen molar-refractivity contribution in [2.24, 2.45) is 0 Å². The predicted octanol–water partition coefficient (Wildman–Crippen LogP) is 5.85. The molecule has 0 fully saturated rings. The number of carbonyl (C=O) groups excluding carboxylic acids is 1. The second kappa shape index (κ2) is 12.6. The molecule has 0 saturated heterocycles. The molecule has 1 amide bonds. The summed E-state index contributed by atoms with van der Waals surface area (Å²) in [7, 11) is 0. The van der Waals surface area contributed by atoms with Crippen LogP contribution in [0.3, 0.4) is 0 Å². The fourth-order valence-corrected chi connectivity index (χ4v) is 5.24. The largest absolute Gasteiger partial charge is 0.480 e. The van der Waals surface area contributed by atoms with E-state index >= 15 is 0 Å². The Labute approximate surface area is 210 Å². The maximum Gasteiger partial charge on any atom is 0.326 e. The Morgan fingerprint density at radius 2 is 1.86 bits per heavy atom. The molecule has 0 saturated carbocycles. The number of aromatic nitrogens is 2. The highest BCUT2D eigenvalue weighted by atomic mass is 32.1. The Balaban J connectivity index is 1.17. The van der Waals surface area contributed by atoms with Crippen LogP contribution in [0.1, 0.15) is 78.7 Å². The van der Waals surface area contributed by atoms with Crippen LogP contribution in [0.15, 0.2) is 48.1 Å². The minimum atomic E-state index is -0.990. The molecular formula is C28H33N3O3S. The third-order valence-corrected chi connectivity index (χ3v) is 7.43. The molecule has 0 aliphatic heterocycles. The van der Waals surface area contributed by atoms with Gasteiger partial charge in [-0.25, -0.2) is 4.79 Å². The van der Waals surface area contributed by atoms with E-state index in [1.807, 2.05) is 6.07 Å². The minimum absolute atomic E-state index is 0.360. The van der Waals surface area contributed by atoms with Crippen LogP contribution in [0.25, 0.3) is 10.4 Å². The smallest absolute Gasteiger partial charge is 0.326 e. The van der Waals surface area contributed by atoms with Crippen LogP contribution in [0.2, 0.25) is 0 Å². The lowest BCUT2D eigenvalue weighted by Crippen LogP contribution is -2.40. The van der Waals surface area contributed by atoms with Gasteiger partial charge in [0.25, 0.3) is 5.91 Å². The number of fused-ring (bicyclic) bond motifs is 1. The maximum atomic E-state index is 12.7. The molecule has 1 aliphatic rings. The number of aliphatic carboxylic acids is 1. The molecular weight excluding hydrogens is 458 g/mol. The summed E-state index contributed by atoms with van der Waals surface area (Å²) in [6.45, 7) is 0. The topological polar surface area (TPSA) is 92.2 Å². The molecule has 2 heterocycles. The van der Waals surface area contributed by atoms with E-state index in [0.717, 1.165) is 55.4 Å². The van der Waals surface area contributed by atoms with Crippen molar-refractivity contribution in [2.75, 3.05) is 0 Å². The highest BCUT2D eigenvalue weighted by Gasteiger charge is 2.20. The zero-order valence-corrected chi connectivity index (χ0v) is 20.9. The van der Waals surface area contributed by atoms with Gasteiger partial charge in [0, 0.05) is 23.1 Å². The number of unbranched alkanes of at least 4 members (excludes halogenated alkanes) is 4. The molecule has 2 N–H and O–H groups in total. The number of amides is 1. The molecule has 0 radical (unpaired) electrons. The summed E-state index contributed by atoms with van der Waals surface area (Å²) >= 11 is 1.50. The number of nitrogens with zero attached hydrogens (tertiary/aromatic N) is 2. The van der Waals surface area contributed by atoms with Crippen LogP contribution in [0.5, 0.6) is 0 Å². The number of hydrogen-bond donors (Lipinski definition) is 2. The first kappa shape index (κ1) is 25.0. The molecule has 0 bridgehead atoms. The van der Waals surface area contributed by atoms with Gasteiger partial charge >= 0.3 is 5.97 Å². The van der Waals surface area contributed by atoms with E-state index in [-0.39, 0.29) is 5.91 Å². The van der Waals surface area contributed by atoms with Gasteiger partial charge < -0.3 is 10.4 Å². The van der Waals surface area contributed by atoms with Gasteiger partial charge in [-0.1, -0.05) is 43.9 Å². The zero-order chi connectivity index (χ0) is 24.5. The second-order valence-electron chi connectivity index (χ2n) is 9.23. The summed E-state index contributed by atoms with van der Waals surface area (Å²) in [6.07, 6.45) is 13.0. The molecule has 3 aromatic rings. The third-order valence-electron chi connectivity index (χ3n) is 6.61. The fourth-order valence-electron chi connectivity index (χ4n) is 4.62. The summed E-state index contributed by atoms with van der Waals surface area (Å²) in [4.78, 5) is 34.3. The number of thiazole rings is 1. The first-order valence-corrected chi connectivity index (χ1v) is 13.5.